The van der Waals surface area contributed by atoms with Gasteiger partial charge in [-0.2, -0.15) is 0 Å². The van der Waals surface area contributed by atoms with E-state index in [1.807, 2.05) is 37.3 Å². The fraction of sp³-hybridized carbons (Fsp3) is 0.333. The summed E-state index contributed by atoms with van der Waals surface area (Å²) in [5.41, 5.74) is 8.40. The summed E-state index contributed by atoms with van der Waals surface area (Å²) in [6, 6.07) is 17.4. The Morgan fingerprint density at radius 1 is 0.706 bits per heavy atom. The minimum atomic E-state index is -0.278. The maximum atomic E-state index is 14.0. The van der Waals surface area contributed by atoms with Crippen molar-refractivity contribution in [3.8, 4) is 23.7 Å². The SMILES string of the molecule is Cc1ccc(C#Cc2ccc(C#Cc3cc(C)c(CC4CCC(C)CC4)c(C)c3)cc2)c(F)c1. The number of hydrogen-bond acceptors (Lipinski definition) is 0. The predicted octanol–water partition coefficient (Wildman–Crippen LogP) is 7.92. The Hall–Kier alpha value is -3.29. The standard InChI is InChI=1S/C33H33F/c1-23-5-8-29(9-6-23)22-32-25(3)20-30(21-26(32)4)15-14-27-10-12-28(13-11-27)16-18-31-17-7-24(2)19-33(31)34/h7,10-13,17,19-21,23,29H,5-6,8-9,22H2,1-4H3. The normalized spacial score (nSPS) is 17.3. The number of hydrogen-bond donors (Lipinski definition) is 0. The fourth-order valence-corrected chi connectivity index (χ4v) is 4.85. The van der Waals surface area contributed by atoms with Gasteiger partial charge in [0.15, 0.2) is 0 Å². The van der Waals surface area contributed by atoms with Crippen molar-refractivity contribution in [2.75, 3.05) is 0 Å². The Kier molecular flexibility index (Phi) is 7.55. The van der Waals surface area contributed by atoms with Crippen molar-refractivity contribution < 1.29 is 4.39 Å². The number of aryl methyl sites for hydroxylation is 3. The lowest BCUT2D eigenvalue weighted by Crippen LogP contribution is -2.15. The molecule has 0 nitrogen and oxygen atoms in total. The zero-order chi connectivity index (χ0) is 24.1. The van der Waals surface area contributed by atoms with Crippen LogP contribution in [0.4, 0.5) is 4.39 Å². The van der Waals surface area contributed by atoms with E-state index in [0.29, 0.717) is 5.56 Å². The average Bonchev–Trinajstić information content (AvgIpc) is 2.81. The van der Waals surface area contributed by atoms with E-state index >= 15 is 0 Å². The number of rotatable bonds is 2. The lowest BCUT2D eigenvalue weighted by atomic mass is 9.79. The van der Waals surface area contributed by atoms with Gasteiger partial charge in [0.2, 0.25) is 0 Å². The zero-order valence-corrected chi connectivity index (χ0v) is 20.8. The molecule has 0 spiro atoms. The quantitative estimate of drug-likeness (QED) is 0.349. The first-order valence-corrected chi connectivity index (χ1v) is 12.4. The first-order chi connectivity index (χ1) is 16.4. The lowest BCUT2D eigenvalue weighted by molar-refractivity contribution is 0.288. The molecule has 172 valence electrons. The molecule has 1 aliphatic carbocycles. The highest BCUT2D eigenvalue weighted by molar-refractivity contribution is 5.50. The van der Waals surface area contributed by atoms with Gasteiger partial charge in [-0.1, -0.05) is 49.5 Å². The second-order valence-corrected chi connectivity index (χ2v) is 9.98. The minimum Gasteiger partial charge on any atom is -0.206 e. The first-order valence-electron chi connectivity index (χ1n) is 12.4. The molecule has 3 aromatic rings. The highest BCUT2D eigenvalue weighted by Gasteiger charge is 2.20. The molecule has 0 bridgehead atoms. The third-order valence-electron chi connectivity index (χ3n) is 7.03. The molecule has 1 heteroatoms. The van der Waals surface area contributed by atoms with Gasteiger partial charge in [0, 0.05) is 16.7 Å². The maximum Gasteiger partial charge on any atom is 0.139 e. The minimum absolute atomic E-state index is 0.278. The summed E-state index contributed by atoms with van der Waals surface area (Å²) in [7, 11) is 0. The summed E-state index contributed by atoms with van der Waals surface area (Å²) in [5.74, 6) is 14.0. The van der Waals surface area contributed by atoms with Gasteiger partial charge in [-0.25, -0.2) is 4.39 Å². The molecule has 34 heavy (non-hydrogen) atoms. The third kappa shape index (κ3) is 6.18. The van der Waals surface area contributed by atoms with Crippen LogP contribution < -0.4 is 0 Å². The van der Waals surface area contributed by atoms with Crippen LogP contribution in [0, 0.1) is 62.1 Å². The molecule has 0 heterocycles. The van der Waals surface area contributed by atoms with E-state index in [2.05, 4.69) is 56.6 Å². The molecule has 0 radical (unpaired) electrons. The number of halogens is 1. The second-order valence-electron chi connectivity index (χ2n) is 9.98. The number of benzene rings is 3. The van der Waals surface area contributed by atoms with Gasteiger partial charge in [-0.15, -0.1) is 0 Å². The third-order valence-corrected chi connectivity index (χ3v) is 7.03. The molecule has 0 atom stereocenters. The van der Waals surface area contributed by atoms with Crippen LogP contribution in [0.15, 0.2) is 54.6 Å². The van der Waals surface area contributed by atoms with Gasteiger partial charge in [0.05, 0.1) is 5.56 Å². The van der Waals surface area contributed by atoms with Crippen molar-refractivity contribution in [3.63, 3.8) is 0 Å². The van der Waals surface area contributed by atoms with Crippen molar-refractivity contribution in [2.24, 2.45) is 11.8 Å². The van der Waals surface area contributed by atoms with Crippen LogP contribution in [-0.4, -0.2) is 0 Å². The van der Waals surface area contributed by atoms with Crippen LogP contribution in [0.3, 0.4) is 0 Å². The van der Waals surface area contributed by atoms with Crippen LogP contribution in [0.25, 0.3) is 0 Å². The van der Waals surface area contributed by atoms with E-state index in [4.69, 9.17) is 0 Å². The smallest absolute Gasteiger partial charge is 0.139 e. The Bertz CT molecular complexity index is 1260. The fourth-order valence-electron chi connectivity index (χ4n) is 4.85. The molecule has 3 aromatic carbocycles. The van der Waals surface area contributed by atoms with Gasteiger partial charge < -0.3 is 0 Å². The van der Waals surface area contributed by atoms with Crippen LogP contribution >= 0.6 is 0 Å². The van der Waals surface area contributed by atoms with Gasteiger partial charge in [0.1, 0.15) is 5.82 Å². The first kappa shape index (κ1) is 23.9. The molecule has 0 unspecified atom stereocenters. The van der Waals surface area contributed by atoms with Gasteiger partial charge in [-0.3, -0.25) is 0 Å². The monoisotopic (exact) mass is 448 g/mol. The van der Waals surface area contributed by atoms with E-state index in [9.17, 15) is 4.39 Å². The molecule has 1 saturated carbocycles. The van der Waals surface area contributed by atoms with Crippen LogP contribution in [-0.2, 0) is 6.42 Å². The Morgan fingerprint density at radius 3 is 1.85 bits per heavy atom. The summed E-state index contributed by atoms with van der Waals surface area (Å²) in [6.45, 7) is 8.70. The van der Waals surface area contributed by atoms with Crippen LogP contribution in [0.1, 0.15) is 77.1 Å². The second kappa shape index (κ2) is 10.8. The van der Waals surface area contributed by atoms with E-state index in [1.165, 1.54) is 54.9 Å². The summed E-state index contributed by atoms with van der Waals surface area (Å²) in [4.78, 5) is 0. The summed E-state index contributed by atoms with van der Waals surface area (Å²) in [5, 5.41) is 0. The van der Waals surface area contributed by atoms with Crippen molar-refractivity contribution in [2.45, 2.75) is 59.8 Å². The molecule has 0 N–H and O–H groups in total. The van der Waals surface area contributed by atoms with Crippen molar-refractivity contribution >= 4 is 0 Å². The van der Waals surface area contributed by atoms with Gasteiger partial charge >= 0.3 is 0 Å². The average molecular weight is 449 g/mol. The van der Waals surface area contributed by atoms with Gasteiger partial charge in [-0.05, 0) is 123 Å². The van der Waals surface area contributed by atoms with E-state index in [-0.39, 0.29) is 5.82 Å². The molecule has 4 rings (SSSR count). The molecular formula is C33H33F. The van der Waals surface area contributed by atoms with E-state index < -0.39 is 0 Å². The summed E-state index contributed by atoms with van der Waals surface area (Å²) in [6.07, 6.45) is 6.68. The molecule has 0 amide bonds. The Balaban J connectivity index is 1.44. The highest BCUT2D eigenvalue weighted by Crippen LogP contribution is 2.32. The zero-order valence-electron chi connectivity index (χ0n) is 20.8. The van der Waals surface area contributed by atoms with Crippen LogP contribution in [0.2, 0.25) is 0 Å². The van der Waals surface area contributed by atoms with E-state index in [1.54, 1.807) is 6.07 Å². The molecular weight excluding hydrogens is 415 g/mol. The van der Waals surface area contributed by atoms with E-state index in [0.717, 1.165) is 34.1 Å². The molecule has 0 saturated heterocycles. The molecule has 1 aliphatic rings. The largest absolute Gasteiger partial charge is 0.206 e. The van der Waals surface area contributed by atoms with Crippen molar-refractivity contribution in [1.82, 2.24) is 0 Å². The van der Waals surface area contributed by atoms with Crippen molar-refractivity contribution in [1.29, 1.82) is 0 Å². The molecule has 0 aliphatic heterocycles. The highest BCUT2D eigenvalue weighted by atomic mass is 19.1. The summed E-state index contributed by atoms with van der Waals surface area (Å²) < 4.78 is 14.0. The summed E-state index contributed by atoms with van der Waals surface area (Å²) >= 11 is 0. The lowest BCUT2D eigenvalue weighted by Gasteiger charge is -2.27. The van der Waals surface area contributed by atoms with Gasteiger partial charge in [0.25, 0.3) is 0 Å². The molecule has 1 fully saturated rings. The predicted molar refractivity (Wildman–Crippen MR) is 140 cm³/mol. The Labute approximate surface area is 204 Å². The topological polar surface area (TPSA) is 0 Å². The Morgan fingerprint density at radius 2 is 1.26 bits per heavy atom. The maximum absolute atomic E-state index is 14.0. The molecule has 0 aromatic heterocycles. The van der Waals surface area contributed by atoms with Crippen molar-refractivity contribution in [3.05, 3.63) is 105 Å². The van der Waals surface area contributed by atoms with Crippen LogP contribution in [0.5, 0.6) is 0 Å².